The molecule has 0 radical (unpaired) electrons. The van der Waals surface area contributed by atoms with Gasteiger partial charge in [-0.1, -0.05) is 28.1 Å². The van der Waals surface area contributed by atoms with Gasteiger partial charge in [-0.15, -0.1) is 0 Å². The molecule has 7 nitrogen and oxygen atoms in total. The highest BCUT2D eigenvalue weighted by molar-refractivity contribution is 9.10. The molecule has 9 heteroatoms. The molecule has 2 aliphatic heterocycles. The minimum Gasteiger partial charge on any atom is -0.315 e. The summed E-state index contributed by atoms with van der Waals surface area (Å²) in [6.07, 6.45) is 1.54. The smallest absolute Gasteiger partial charge is 0.245 e. The van der Waals surface area contributed by atoms with Crippen molar-refractivity contribution in [3.63, 3.8) is 0 Å². The molecule has 33 heavy (non-hydrogen) atoms. The van der Waals surface area contributed by atoms with Crippen molar-refractivity contribution in [2.24, 2.45) is 5.92 Å². The lowest BCUT2D eigenvalue weighted by molar-refractivity contribution is -0.123. The summed E-state index contributed by atoms with van der Waals surface area (Å²) in [7, 11) is -2.05. The Balaban J connectivity index is 1.53. The monoisotopic (exact) mass is 533 g/mol. The van der Waals surface area contributed by atoms with E-state index in [1.165, 1.54) is 11.2 Å². The number of carbonyl (C=O) groups excluding carboxylic acids is 2. The topological polar surface area (TPSA) is 78.0 Å². The summed E-state index contributed by atoms with van der Waals surface area (Å²) in [5, 5.41) is 0. The second-order valence-corrected chi connectivity index (χ2v) is 11.6. The lowest BCUT2D eigenvalue weighted by Crippen LogP contribution is -2.43. The van der Waals surface area contributed by atoms with Crippen molar-refractivity contribution >= 4 is 49.1 Å². The SMILES string of the molecule is CC(=O)N1CCc2cc(Br)cc(S(=O)(=O)N3CCC(C(=O)N(C)c4cccc(C)c4)CC3)c21. The van der Waals surface area contributed by atoms with Crippen molar-refractivity contribution in [3.8, 4) is 0 Å². The Labute approximate surface area is 203 Å². The highest BCUT2D eigenvalue weighted by atomic mass is 79.9. The number of nitrogens with zero attached hydrogens (tertiary/aromatic N) is 3. The van der Waals surface area contributed by atoms with Crippen molar-refractivity contribution in [1.82, 2.24) is 4.31 Å². The summed E-state index contributed by atoms with van der Waals surface area (Å²) < 4.78 is 29.3. The molecular weight excluding hydrogens is 506 g/mol. The van der Waals surface area contributed by atoms with Crippen LogP contribution in [0.5, 0.6) is 0 Å². The Morgan fingerprint density at radius 3 is 2.42 bits per heavy atom. The number of aryl methyl sites for hydroxylation is 1. The summed E-state index contributed by atoms with van der Waals surface area (Å²) in [6.45, 7) is 4.45. The second kappa shape index (κ2) is 9.19. The highest BCUT2D eigenvalue weighted by Crippen LogP contribution is 2.39. The van der Waals surface area contributed by atoms with Crippen molar-refractivity contribution in [1.29, 1.82) is 0 Å². The third kappa shape index (κ3) is 4.58. The van der Waals surface area contributed by atoms with Gasteiger partial charge in [0.25, 0.3) is 0 Å². The van der Waals surface area contributed by atoms with Gasteiger partial charge in [0.1, 0.15) is 4.90 Å². The van der Waals surface area contributed by atoms with Crippen molar-refractivity contribution in [2.45, 2.75) is 38.0 Å². The van der Waals surface area contributed by atoms with Crippen LogP contribution in [-0.4, -0.2) is 51.2 Å². The molecule has 0 atom stereocenters. The highest BCUT2D eigenvalue weighted by Gasteiger charge is 2.37. The fourth-order valence-electron chi connectivity index (χ4n) is 4.70. The molecule has 2 amide bonds. The average molecular weight is 534 g/mol. The number of piperidine rings is 1. The van der Waals surface area contributed by atoms with E-state index < -0.39 is 10.0 Å². The third-order valence-corrected chi connectivity index (χ3v) is 8.88. The first-order valence-electron chi connectivity index (χ1n) is 11.0. The minimum absolute atomic E-state index is 0.00347. The van der Waals surface area contributed by atoms with E-state index in [2.05, 4.69) is 15.9 Å². The molecular formula is C24H28BrN3O4S. The number of halogens is 1. The van der Waals surface area contributed by atoms with E-state index in [1.54, 1.807) is 22.9 Å². The molecule has 4 rings (SSSR count). The molecule has 0 bridgehead atoms. The number of anilines is 2. The lowest BCUT2D eigenvalue weighted by atomic mass is 9.96. The predicted molar refractivity (Wildman–Crippen MR) is 132 cm³/mol. The number of benzene rings is 2. The van der Waals surface area contributed by atoms with Crippen molar-refractivity contribution in [2.75, 3.05) is 36.5 Å². The molecule has 2 aromatic carbocycles. The van der Waals surface area contributed by atoms with Crippen LogP contribution in [0.3, 0.4) is 0 Å². The third-order valence-electron chi connectivity index (χ3n) is 6.51. The van der Waals surface area contributed by atoms with Crippen LogP contribution in [0, 0.1) is 12.8 Å². The maximum atomic E-state index is 13.6. The summed E-state index contributed by atoms with van der Waals surface area (Å²) in [6, 6.07) is 11.2. The number of hydrogen-bond donors (Lipinski definition) is 0. The molecule has 2 heterocycles. The molecule has 2 aliphatic rings. The summed E-state index contributed by atoms with van der Waals surface area (Å²) in [4.78, 5) is 28.6. The average Bonchev–Trinajstić information content (AvgIpc) is 3.21. The van der Waals surface area contributed by atoms with Gasteiger partial charge in [0.15, 0.2) is 0 Å². The van der Waals surface area contributed by atoms with Gasteiger partial charge in [-0.3, -0.25) is 9.59 Å². The molecule has 1 fully saturated rings. The Kier molecular flexibility index (Phi) is 6.66. The Bertz CT molecular complexity index is 1210. The molecule has 0 spiro atoms. The first-order valence-corrected chi connectivity index (χ1v) is 13.3. The second-order valence-electron chi connectivity index (χ2n) is 8.75. The Morgan fingerprint density at radius 2 is 1.79 bits per heavy atom. The van der Waals surface area contributed by atoms with Gasteiger partial charge in [0.2, 0.25) is 21.8 Å². The van der Waals surface area contributed by atoms with Gasteiger partial charge in [-0.05, 0) is 61.6 Å². The Hall–Kier alpha value is -2.23. The van der Waals surface area contributed by atoms with E-state index in [0.717, 1.165) is 16.8 Å². The number of hydrogen-bond acceptors (Lipinski definition) is 4. The molecule has 2 aromatic rings. The van der Waals surface area contributed by atoms with Gasteiger partial charge in [-0.25, -0.2) is 8.42 Å². The molecule has 1 saturated heterocycles. The van der Waals surface area contributed by atoms with Crippen LogP contribution < -0.4 is 9.80 Å². The van der Waals surface area contributed by atoms with Crippen LogP contribution in [0.2, 0.25) is 0 Å². The predicted octanol–water partition coefficient (Wildman–Crippen LogP) is 3.73. The van der Waals surface area contributed by atoms with Crippen LogP contribution in [0.15, 0.2) is 45.8 Å². The summed E-state index contributed by atoms with van der Waals surface area (Å²) in [5.74, 6) is -0.399. The zero-order chi connectivity index (χ0) is 23.9. The minimum atomic E-state index is -3.82. The lowest BCUT2D eigenvalue weighted by Gasteiger charge is -2.33. The van der Waals surface area contributed by atoms with E-state index in [-0.39, 0.29) is 35.7 Å². The first kappa shape index (κ1) is 23.9. The molecule has 0 unspecified atom stereocenters. The van der Waals surface area contributed by atoms with Gasteiger partial charge >= 0.3 is 0 Å². The summed E-state index contributed by atoms with van der Waals surface area (Å²) >= 11 is 3.42. The fourth-order valence-corrected chi connectivity index (χ4v) is 7.09. The maximum Gasteiger partial charge on any atom is 0.245 e. The van der Waals surface area contributed by atoms with E-state index >= 15 is 0 Å². The first-order chi connectivity index (χ1) is 15.6. The number of fused-ring (bicyclic) bond motifs is 1. The van der Waals surface area contributed by atoms with E-state index in [0.29, 0.717) is 36.0 Å². The zero-order valence-corrected chi connectivity index (χ0v) is 21.4. The maximum absolute atomic E-state index is 13.6. The number of rotatable bonds is 4. The van der Waals surface area contributed by atoms with Crippen molar-refractivity contribution < 1.29 is 18.0 Å². The quantitative estimate of drug-likeness (QED) is 0.599. The molecule has 0 aliphatic carbocycles. The van der Waals surface area contributed by atoms with E-state index in [1.807, 2.05) is 37.3 Å². The van der Waals surface area contributed by atoms with Crippen LogP contribution in [-0.2, 0) is 26.0 Å². The molecule has 0 aromatic heterocycles. The summed E-state index contributed by atoms with van der Waals surface area (Å²) in [5.41, 5.74) is 3.25. The molecule has 0 N–H and O–H groups in total. The Morgan fingerprint density at radius 1 is 1.09 bits per heavy atom. The van der Waals surface area contributed by atoms with Gasteiger partial charge < -0.3 is 9.80 Å². The number of carbonyl (C=O) groups is 2. The van der Waals surface area contributed by atoms with Gasteiger partial charge in [-0.2, -0.15) is 4.31 Å². The largest absolute Gasteiger partial charge is 0.315 e. The van der Waals surface area contributed by atoms with Crippen LogP contribution in [0.1, 0.15) is 30.9 Å². The van der Waals surface area contributed by atoms with Crippen molar-refractivity contribution in [3.05, 3.63) is 52.0 Å². The van der Waals surface area contributed by atoms with Crippen LogP contribution >= 0.6 is 15.9 Å². The number of amides is 2. The molecule has 0 saturated carbocycles. The molecule has 176 valence electrons. The van der Waals surface area contributed by atoms with Crippen LogP contribution in [0.4, 0.5) is 11.4 Å². The standard InChI is InChI=1S/C24H28BrN3O4S/c1-16-5-4-6-21(13-16)26(3)24(30)18-7-10-27(11-8-18)33(31,32)22-15-20(25)14-19-9-12-28(17(2)29)23(19)22/h4-6,13-15,18H,7-12H2,1-3H3. The van der Waals surface area contributed by atoms with E-state index in [9.17, 15) is 18.0 Å². The fraction of sp³-hybridized carbons (Fsp3) is 0.417. The zero-order valence-electron chi connectivity index (χ0n) is 19.0. The number of sulfonamides is 1. The van der Waals surface area contributed by atoms with Gasteiger partial charge in [0.05, 0.1) is 5.69 Å². The van der Waals surface area contributed by atoms with E-state index in [4.69, 9.17) is 0 Å². The van der Waals surface area contributed by atoms with Crippen LogP contribution in [0.25, 0.3) is 0 Å². The van der Waals surface area contributed by atoms with Gasteiger partial charge in [0, 0.05) is 49.7 Å². The normalized spacial score (nSPS) is 17.2.